The number of ether oxygens (including phenoxy) is 1. The van der Waals surface area contributed by atoms with Crippen LogP contribution in [0, 0.1) is 0 Å². The quantitative estimate of drug-likeness (QED) is 0.769. The van der Waals surface area contributed by atoms with E-state index in [2.05, 4.69) is 4.90 Å². The third kappa shape index (κ3) is 1.89. The minimum atomic E-state index is 0.0205. The maximum atomic E-state index is 11.5. The third-order valence-electron chi connectivity index (χ3n) is 3.40. The Morgan fingerprint density at radius 3 is 2.71 bits per heavy atom. The lowest BCUT2D eigenvalue weighted by Crippen LogP contribution is -2.29. The number of halogens is 1. The molecule has 0 unspecified atom stereocenters. The Kier molecular flexibility index (Phi) is 2.71. The van der Waals surface area contributed by atoms with Crippen LogP contribution in [0.25, 0.3) is 0 Å². The molecular weight excluding hydrogens is 238 g/mol. The number of Topliss-reactive ketones (excluding diaryl/α,β-unsaturated/α-hetero) is 1. The predicted molar refractivity (Wildman–Crippen MR) is 67.3 cm³/mol. The number of piperidine rings is 1. The highest BCUT2D eigenvalue weighted by molar-refractivity contribution is 6.34. The maximum absolute atomic E-state index is 11.5. The molecule has 0 aliphatic carbocycles. The van der Waals surface area contributed by atoms with Gasteiger partial charge >= 0.3 is 0 Å². The van der Waals surface area contributed by atoms with E-state index < -0.39 is 0 Å². The molecule has 3 rings (SSSR count). The average molecular weight is 252 g/mol. The molecule has 2 aliphatic heterocycles. The Bertz CT molecular complexity index is 467. The highest BCUT2D eigenvalue weighted by atomic mass is 35.5. The summed E-state index contributed by atoms with van der Waals surface area (Å²) in [6.07, 6.45) is 3.69. The number of ketones is 1. The molecule has 0 amide bonds. The summed E-state index contributed by atoms with van der Waals surface area (Å²) in [6.45, 7) is 2.22. The zero-order valence-corrected chi connectivity index (χ0v) is 10.3. The van der Waals surface area contributed by atoms with Crippen molar-refractivity contribution in [3.05, 3.63) is 22.7 Å². The molecule has 1 aromatic rings. The topological polar surface area (TPSA) is 29.5 Å². The van der Waals surface area contributed by atoms with Crippen LogP contribution in [-0.4, -0.2) is 25.5 Å². The molecule has 1 aromatic carbocycles. The summed E-state index contributed by atoms with van der Waals surface area (Å²) in [5.41, 5.74) is 1.62. The Morgan fingerprint density at radius 2 is 1.94 bits per heavy atom. The molecule has 3 nitrogen and oxygen atoms in total. The fraction of sp³-hybridized carbons (Fsp3) is 0.462. The van der Waals surface area contributed by atoms with Crippen LogP contribution < -0.4 is 9.64 Å². The normalized spacial score (nSPS) is 19.1. The van der Waals surface area contributed by atoms with Crippen LogP contribution in [0.3, 0.4) is 0 Å². The van der Waals surface area contributed by atoms with Crippen LogP contribution in [0.5, 0.6) is 5.75 Å². The van der Waals surface area contributed by atoms with Crippen molar-refractivity contribution in [2.45, 2.75) is 19.3 Å². The zero-order valence-electron chi connectivity index (χ0n) is 9.54. The highest BCUT2D eigenvalue weighted by Crippen LogP contribution is 2.37. The van der Waals surface area contributed by atoms with E-state index in [-0.39, 0.29) is 12.4 Å². The van der Waals surface area contributed by atoms with Crippen molar-refractivity contribution in [2.24, 2.45) is 0 Å². The first-order valence-corrected chi connectivity index (χ1v) is 6.38. The largest absolute Gasteiger partial charge is 0.485 e. The molecule has 0 aromatic heterocycles. The van der Waals surface area contributed by atoms with Gasteiger partial charge in [0, 0.05) is 19.2 Å². The Morgan fingerprint density at radius 1 is 1.18 bits per heavy atom. The van der Waals surface area contributed by atoms with Crippen LogP contribution in [0.1, 0.15) is 29.6 Å². The van der Waals surface area contributed by atoms with Crippen LogP contribution in [0.15, 0.2) is 12.1 Å². The zero-order chi connectivity index (χ0) is 11.8. The SMILES string of the molecule is O=C1COc2cc(N3CCCCC3)c(Cl)cc21. The van der Waals surface area contributed by atoms with Gasteiger partial charge in [-0.3, -0.25) is 4.79 Å². The van der Waals surface area contributed by atoms with E-state index in [1.54, 1.807) is 6.07 Å². The van der Waals surface area contributed by atoms with Gasteiger partial charge in [0.2, 0.25) is 5.78 Å². The molecule has 2 aliphatic rings. The first-order chi connectivity index (χ1) is 8.25. The van der Waals surface area contributed by atoms with Crippen molar-refractivity contribution >= 4 is 23.1 Å². The molecule has 4 heteroatoms. The lowest BCUT2D eigenvalue weighted by atomic mass is 10.1. The molecule has 0 atom stereocenters. The Hall–Kier alpha value is -1.22. The average Bonchev–Trinajstić information content (AvgIpc) is 2.71. The number of rotatable bonds is 1. The van der Waals surface area contributed by atoms with Crippen molar-refractivity contribution in [3.8, 4) is 5.75 Å². The summed E-state index contributed by atoms with van der Waals surface area (Å²) in [6, 6.07) is 3.66. The second-order valence-corrected chi connectivity index (χ2v) is 4.97. The van der Waals surface area contributed by atoms with E-state index in [0.717, 1.165) is 18.8 Å². The summed E-state index contributed by atoms with van der Waals surface area (Å²) in [7, 11) is 0. The number of benzene rings is 1. The molecule has 0 spiro atoms. The maximum Gasteiger partial charge on any atom is 0.203 e. The minimum absolute atomic E-state index is 0.0205. The molecule has 0 N–H and O–H groups in total. The number of hydrogen-bond donors (Lipinski definition) is 0. The lowest BCUT2D eigenvalue weighted by Gasteiger charge is -2.29. The number of carbonyl (C=O) groups is 1. The molecule has 0 bridgehead atoms. The van der Waals surface area contributed by atoms with Crippen molar-refractivity contribution in [3.63, 3.8) is 0 Å². The summed E-state index contributed by atoms with van der Waals surface area (Å²) < 4.78 is 5.36. The number of anilines is 1. The number of hydrogen-bond acceptors (Lipinski definition) is 3. The molecule has 2 heterocycles. The van der Waals surface area contributed by atoms with Crippen molar-refractivity contribution in [2.75, 3.05) is 24.6 Å². The molecule has 0 radical (unpaired) electrons. The highest BCUT2D eigenvalue weighted by Gasteiger charge is 2.24. The van der Waals surface area contributed by atoms with Gasteiger partial charge in [0.1, 0.15) is 5.75 Å². The van der Waals surface area contributed by atoms with Gasteiger partial charge in [0.05, 0.1) is 16.3 Å². The first-order valence-electron chi connectivity index (χ1n) is 6.00. The van der Waals surface area contributed by atoms with Crippen molar-refractivity contribution in [1.82, 2.24) is 0 Å². The van der Waals surface area contributed by atoms with Crippen LogP contribution in [-0.2, 0) is 0 Å². The Labute approximate surface area is 105 Å². The molecule has 0 saturated carbocycles. The summed E-state index contributed by atoms with van der Waals surface area (Å²) in [5, 5.41) is 0.657. The van der Waals surface area contributed by atoms with Gasteiger partial charge < -0.3 is 9.64 Å². The van der Waals surface area contributed by atoms with Gasteiger partial charge in [0.15, 0.2) is 6.61 Å². The van der Waals surface area contributed by atoms with Crippen molar-refractivity contribution < 1.29 is 9.53 Å². The number of carbonyl (C=O) groups excluding carboxylic acids is 1. The molecule has 1 saturated heterocycles. The van der Waals surface area contributed by atoms with Gasteiger partial charge in [0.25, 0.3) is 0 Å². The fourth-order valence-electron chi connectivity index (χ4n) is 2.48. The van der Waals surface area contributed by atoms with E-state index in [0.29, 0.717) is 16.3 Å². The van der Waals surface area contributed by atoms with E-state index in [9.17, 15) is 4.79 Å². The molecule has 1 fully saturated rings. The van der Waals surface area contributed by atoms with Gasteiger partial charge in [-0.15, -0.1) is 0 Å². The monoisotopic (exact) mass is 251 g/mol. The minimum Gasteiger partial charge on any atom is -0.485 e. The van der Waals surface area contributed by atoms with Crippen LogP contribution >= 0.6 is 11.6 Å². The molecule has 90 valence electrons. The van der Waals surface area contributed by atoms with Crippen molar-refractivity contribution in [1.29, 1.82) is 0 Å². The second-order valence-electron chi connectivity index (χ2n) is 4.56. The lowest BCUT2D eigenvalue weighted by molar-refractivity contribution is 0.0961. The Balaban J connectivity index is 1.97. The smallest absolute Gasteiger partial charge is 0.203 e. The standard InChI is InChI=1S/C13H14ClNO2/c14-10-6-9-12(16)8-17-13(9)7-11(10)15-4-2-1-3-5-15/h6-7H,1-5,8H2. The van der Waals surface area contributed by atoms with E-state index in [1.807, 2.05) is 6.07 Å². The van der Waals surface area contributed by atoms with Gasteiger partial charge in [-0.05, 0) is 25.3 Å². The fourth-order valence-corrected chi connectivity index (χ4v) is 2.76. The molecule has 17 heavy (non-hydrogen) atoms. The second kappa shape index (κ2) is 4.22. The van der Waals surface area contributed by atoms with Gasteiger partial charge in [-0.2, -0.15) is 0 Å². The van der Waals surface area contributed by atoms with Gasteiger partial charge in [-0.1, -0.05) is 11.6 Å². The van der Waals surface area contributed by atoms with Crippen LogP contribution in [0.4, 0.5) is 5.69 Å². The van der Waals surface area contributed by atoms with E-state index in [4.69, 9.17) is 16.3 Å². The van der Waals surface area contributed by atoms with E-state index >= 15 is 0 Å². The third-order valence-corrected chi connectivity index (χ3v) is 3.71. The summed E-state index contributed by atoms with van der Waals surface area (Å²) >= 11 is 6.26. The summed E-state index contributed by atoms with van der Waals surface area (Å²) in [5.74, 6) is 0.701. The van der Waals surface area contributed by atoms with Gasteiger partial charge in [-0.25, -0.2) is 0 Å². The van der Waals surface area contributed by atoms with Crippen LogP contribution in [0.2, 0.25) is 5.02 Å². The molecular formula is C13H14ClNO2. The number of fused-ring (bicyclic) bond motifs is 1. The predicted octanol–water partition coefficient (Wildman–Crippen LogP) is 2.91. The summed E-state index contributed by atoms with van der Waals surface area (Å²) in [4.78, 5) is 13.8. The first kappa shape index (κ1) is 10.9. The number of nitrogens with zero attached hydrogens (tertiary/aromatic N) is 1. The van der Waals surface area contributed by atoms with E-state index in [1.165, 1.54) is 19.3 Å².